The zero-order valence-corrected chi connectivity index (χ0v) is 15.7. The average molecular weight is 360 g/mol. The zero-order chi connectivity index (χ0) is 18.4. The molecule has 6 nitrogen and oxygen atoms in total. The van der Waals surface area contributed by atoms with Crippen LogP contribution in [0.1, 0.15) is 13.8 Å². The monoisotopic (exact) mass is 360 g/mol. The number of carbonyl (C=O) groups excluding carboxylic acids is 2. The number of thiocarbonyl (C=S) groups is 1. The van der Waals surface area contributed by atoms with Crippen molar-refractivity contribution in [1.29, 1.82) is 0 Å². The van der Waals surface area contributed by atoms with Gasteiger partial charge < -0.3 is 4.90 Å². The summed E-state index contributed by atoms with van der Waals surface area (Å²) in [5.74, 6) is -1.63. The van der Waals surface area contributed by atoms with Crippen molar-refractivity contribution in [2.24, 2.45) is 10.9 Å². The predicted molar refractivity (Wildman–Crippen MR) is 104 cm³/mol. The second kappa shape index (κ2) is 8.82. The van der Waals surface area contributed by atoms with Gasteiger partial charge in [-0.3, -0.25) is 24.4 Å². The Morgan fingerprint density at radius 2 is 1.80 bits per heavy atom. The highest BCUT2D eigenvalue weighted by atomic mass is 32.1. The van der Waals surface area contributed by atoms with E-state index in [0.29, 0.717) is 12.2 Å². The predicted octanol–water partition coefficient (Wildman–Crippen LogP) is 1.81. The number of carbonyl (C=O) groups is 2. The Hall–Kier alpha value is -2.12. The normalized spacial score (nSPS) is 18.7. The topological polar surface area (TPSA) is 56.2 Å². The lowest BCUT2D eigenvalue weighted by molar-refractivity contribution is -0.135. The Balaban J connectivity index is 2.15. The highest BCUT2D eigenvalue weighted by Crippen LogP contribution is 2.23. The fourth-order valence-corrected chi connectivity index (χ4v) is 2.94. The first-order chi connectivity index (χ1) is 12.0. The molecular weight excluding hydrogens is 336 g/mol. The molecule has 1 saturated heterocycles. The molecule has 0 spiro atoms. The number of aliphatic imine (C=N–C) groups is 1. The molecule has 0 bridgehead atoms. The van der Waals surface area contributed by atoms with Gasteiger partial charge in [0.1, 0.15) is 0 Å². The number of anilines is 1. The Morgan fingerprint density at radius 3 is 2.40 bits per heavy atom. The number of benzene rings is 1. The van der Waals surface area contributed by atoms with Gasteiger partial charge in [-0.2, -0.15) is 0 Å². The van der Waals surface area contributed by atoms with E-state index in [0.717, 1.165) is 19.6 Å². The van der Waals surface area contributed by atoms with Crippen molar-refractivity contribution in [2.45, 2.75) is 13.8 Å². The van der Waals surface area contributed by atoms with E-state index in [1.165, 1.54) is 16.0 Å². The maximum Gasteiger partial charge on any atom is 0.251 e. The first kappa shape index (κ1) is 19.2. The van der Waals surface area contributed by atoms with Gasteiger partial charge in [0.2, 0.25) is 5.91 Å². The van der Waals surface area contributed by atoms with Crippen molar-refractivity contribution in [2.75, 3.05) is 38.1 Å². The molecule has 0 saturated carbocycles. The van der Waals surface area contributed by atoms with E-state index in [-0.39, 0.29) is 16.9 Å². The summed E-state index contributed by atoms with van der Waals surface area (Å²) in [6.45, 7) is 7.44. The summed E-state index contributed by atoms with van der Waals surface area (Å²) < 4.78 is 0. The minimum atomic E-state index is -0.936. The van der Waals surface area contributed by atoms with E-state index >= 15 is 0 Å². The Bertz CT molecular complexity index is 658. The van der Waals surface area contributed by atoms with E-state index in [4.69, 9.17) is 12.2 Å². The minimum absolute atomic E-state index is 0.189. The summed E-state index contributed by atoms with van der Waals surface area (Å²) in [5, 5.41) is 0.189. The number of para-hydroxylation sites is 1. The van der Waals surface area contributed by atoms with Crippen LogP contribution in [0.4, 0.5) is 5.69 Å². The largest absolute Gasteiger partial charge is 0.302 e. The van der Waals surface area contributed by atoms with Gasteiger partial charge in [0.05, 0.1) is 12.2 Å². The fourth-order valence-electron chi connectivity index (χ4n) is 2.65. The van der Waals surface area contributed by atoms with Crippen molar-refractivity contribution >= 4 is 41.0 Å². The number of likely N-dealkylation sites (N-methyl/N-ethyl adjacent to an activating group) is 1. The van der Waals surface area contributed by atoms with Crippen molar-refractivity contribution < 1.29 is 9.59 Å². The third kappa shape index (κ3) is 4.29. The van der Waals surface area contributed by atoms with Crippen LogP contribution in [0.2, 0.25) is 0 Å². The summed E-state index contributed by atoms with van der Waals surface area (Å²) in [4.78, 5) is 34.6. The van der Waals surface area contributed by atoms with E-state index in [1.54, 1.807) is 19.2 Å². The van der Waals surface area contributed by atoms with E-state index in [2.05, 4.69) is 23.7 Å². The molecular formula is C18H24N4O2S. The maximum atomic E-state index is 12.8. The first-order valence-electron chi connectivity index (χ1n) is 8.44. The lowest BCUT2D eigenvalue weighted by Gasteiger charge is -2.36. The van der Waals surface area contributed by atoms with Gasteiger partial charge in [-0.15, -0.1) is 0 Å². The van der Waals surface area contributed by atoms with Gasteiger partial charge in [-0.1, -0.05) is 32.0 Å². The first-order valence-corrected chi connectivity index (χ1v) is 8.84. The summed E-state index contributed by atoms with van der Waals surface area (Å²) in [5.41, 5.74) is 0.651. The molecule has 1 aromatic carbocycles. The smallest absolute Gasteiger partial charge is 0.251 e. The standard InChI is InChI=1S/C18H24N4O2S/c1-4-21(5-2)12-11-19-13-15-16(23)20(3)18(25)22(17(15)24)14-9-7-6-8-10-14/h6-10,13,15H,4-5,11-12H2,1-3H3. The second-order valence-electron chi connectivity index (χ2n) is 5.75. The molecule has 2 rings (SSSR count). The maximum absolute atomic E-state index is 12.8. The van der Waals surface area contributed by atoms with Gasteiger partial charge in [0, 0.05) is 19.8 Å². The number of hydrogen-bond acceptors (Lipinski definition) is 5. The second-order valence-corrected chi connectivity index (χ2v) is 6.11. The van der Waals surface area contributed by atoms with Gasteiger partial charge >= 0.3 is 0 Å². The SMILES string of the molecule is CCN(CC)CCN=CC1C(=O)N(C)C(=S)N(c2ccccc2)C1=O. The van der Waals surface area contributed by atoms with Crippen molar-refractivity contribution in [3.63, 3.8) is 0 Å². The molecule has 7 heteroatoms. The van der Waals surface area contributed by atoms with Crippen LogP contribution in [-0.2, 0) is 9.59 Å². The van der Waals surface area contributed by atoms with Crippen LogP contribution in [0.15, 0.2) is 35.3 Å². The molecule has 25 heavy (non-hydrogen) atoms. The summed E-state index contributed by atoms with van der Waals surface area (Å²) in [6, 6.07) is 9.11. The van der Waals surface area contributed by atoms with Crippen LogP contribution in [-0.4, -0.2) is 66.2 Å². The summed E-state index contributed by atoms with van der Waals surface area (Å²) >= 11 is 5.30. The molecule has 1 aromatic rings. The number of rotatable bonds is 7. The van der Waals surface area contributed by atoms with Crippen LogP contribution in [0.3, 0.4) is 0 Å². The van der Waals surface area contributed by atoms with Crippen molar-refractivity contribution in [3.05, 3.63) is 30.3 Å². The quantitative estimate of drug-likeness (QED) is 0.423. The van der Waals surface area contributed by atoms with Crippen LogP contribution < -0.4 is 4.90 Å². The Labute approximate surface area is 154 Å². The molecule has 1 unspecified atom stereocenters. The third-order valence-corrected chi connectivity index (χ3v) is 4.73. The fraction of sp³-hybridized carbons (Fsp3) is 0.444. The number of amides is 2. The average Bonchev–Trinajstić information content (AvgIpc) is 2.63. The molecule has 1 atom stereocenters. The summed E-state index contributed by atoms with van der Waals surface area (Å²) in [6.07, 6.45) is 1.46. The van der Waals surface area contributed by atoms with Gasteiger partial charge in [-0.05, 0) is 37.4 Å². The van der Waals surface area contributed by atoms with E-state index < -0.39 is 5.92 Å². The molecule has 2 amide bonds. The van der Waals surface area contributed by atoms with Crippen LogP contribution in [0, 0.1) is 5.92 Å². The molecule has 1 aliphatic heterocycles. The summed E-state index contributed by atoms with van der Waals surface area (Å²) in [7, 11) is 1.59. The molecule has 134 valence electrons. The molecule has 0 aliphatic carbocycles. The number of hydrogen-bond donors (Lipinski definition) is 0. The lowest BCUT2D eigenvalue weighted by Crippen LogP contribution is -2.59. The Morgan fingerprint density at radius 1 is 1.16 bits per heavy atom. The molecule has 0 N–H and O–H groups in total. The van der Waals surface area contributed by atoms with Crippen LogP contribution >= 0.6 is 12.2 Å². The van der Waals surface area contributed by atoms with Crippen molar-refractivity contribution in [1.82, 2.24) is 9.80 Å². The highest BCUT2D eigenvalue weighted by Gasteiger charge is 2.41. The van der Waals surface area contributed by atoms with Crippen LogP contribution in [0.5, 0.6) is 0 Å². The minimum Gasteiger partial charge on any atom is -0.302 e. The van der Waals surface area contributed by atoms with Gasteiger partial charge in [0.25, 0.3) is 5.91 Å². The van der Waals surface area contributed by atoms with E-state index in [1.807, 2.05) is 18.2 Å². The zero-order valence-electron chi connectivity index (χ0n) is 14.9. The van der Waals surface area contributed by atoms with Crippen LogP contribution in [0.25, 0.3) is 0 Å². The van der Waals surface area contributed by atoms with Gasteiger partial charge in [0.15, 0.2) is 11.0 Å². The highest BCUT2D eigenvalue weighted by molar-refractivity contribution is 7.80. The van der Waals surface area contributed by atoms with Gasteiger partial charge in [-0.25, -0.2) is 0 Å². The lowest BCUT2D eigenvalue weighted by atomic mass is 10.0. The van der Waals surface area contributed by atoms with E-state index in [9.17, 15) is 9.59 Å². The molecule has 0 aromatic heterocycles. The molecule has 1 aliphatic rings. The Kier molecular flexibility index (Phi) is 6.78. The van der Waals surface area contributed by atoms with Crippen molar-refractivity contribution in [3.8, 4) is 0 Å². The number of nitrogens with zero attached hydrogens (tertiary/aromatic N) is 4. The molecule has 1 fully saturated rings. The molecule has 1 heterocycles. The third-order valence-electron chi connectivity index (χ3n) is 4.27. The molecule has 0 radical (unpaired) electrons.